The fourth-order valence-electron chi connectivity index (χ4n) is 2.12. The summed E-state index contributed by atoms with van der Waals surface area (Å²) in [5, 5.41) is 3.43. The molecule has 1 heterocycles. The minimum absolute atomic E-state index is 0.681. The van der Waals surface area contributed by atoms with Gasteiger partial charge in [-0.3, -0.25) is 0 Å². The second-order valence-electron chi connectivity index (χ2n) is 4.01. The van der Waals surface area contributed by atoms with Crippen LogP contribution in [0.4, 0.5) is 0 Å². The van der Waals surface area contributed by atoms with E-state index in [1.54, 1.807) is 0 Å². The first-order valence-corrected chi connectivity index (χ1v) is 5.63. The van der Waals surface area contributed by atoms with E-state index in [2.05, 4.69) is 19.3 Å². The van der Waals surface area contributed by atoms with Gasteiger partial charge in [0.25, 0.3) is 0 Å². The van der Waals surface area contributed by atoms with E-state index < -0.39 is 0 Å². The molecule has 1 fully saturated rings. The van der Waals surface area contributed by atoms with Crippen LogP contribution in [0.3, 0.4) is 0 Å². The SMILES string of the molecule is CCCCC(NC)C1CCCOC1. The summed E-state index contributed by atoms with van der Waals surface area (Å²) in [6.45, 7) is 4.19. The van der Waals surface area contributed by atoms with Gasteiger partial charge in [-0.1, -0.05) is 19.8 Å². The molecule has 0 aromatic rings. The van der Waals surface area contributed by atoms with Crippen molar-refractivity contribution in [3.63, 3.8) is 0 Å². The molecular formula is C11H23NO. The van der Waals surface area contributed by atoms with Gasteiger partial charge in [0.15, 0.2) is 0 Å². The summed E-state index contributed by atoms with van der Waals surface area (Å²) in [6, 6.07) is 0.681. The molecule has 1 saturated heterocycles. The summed E-state index contributed by atoms with van der Waals surface area (Å²) < 4.78 is 5.50. The first-order valence-electron chi connectivity index (χ1n) is 5.63. The van der Waals surface area contributed by atoms with Crippen molar-refractivity contribution in [1.82, 2.24) is 5.32 Å². The molecule has 2 heteroatoms. The van der Waals surface area contributed by atoms with Crippen molar-refractivity contribution in [2.75, 3.05) is 20.3 Å². The van der Waals surface area contributed by atoms with Gasteiger partial charge in [-0.15, -0.1) is 0 Å². The maximum Gasteiger partial charge on any atom is 0.0509 e. The predicted molar refractivity (Wildman–Crippen MR) is 55.9 cm³/mol. The van der Waals surface area contributed by atoms with Crippen LogP contribution < -0.4 is 5.32 Å². The second-order valence-corrected chi connectivity index (χ2v) is 4.01. The van der Waals surface area contributed by atoms with Gasteiger partial charge in [0, 0.05) is 12.6 Å². The van der Waals surface area contributed by atoms with Crippen LogP contribution in [0.25, 0.3) is 0 Å². The van der Waals surface area contributed by atoms with E-state index in [4.69, 9.17) is 4.74 Å². The average molecular weight is 185 g/mol. The first-order chi connectivity index (χ1) is 6.38. The van der Waals surface area contributed by atoms with Gasteiger partial charge in [-0.2, -0.15) is 0 Å². The lowest BCUT2D eigenvalue weighted by molar-refractivity contribution is 0.0388. The Labute approximate surface area is 82.0 Å². The van der Waals surface area contributed by atoms with Gasteiger partial charge in [0.2, 0.25) is 0 Å². The van der Waals surface area contributed by atoms with Crippen LogP contribution in [0.15, 0.2) is 0 Å². The molecule has 0 spiro atoms. The third-order valence-electron chi connectivity index (χ3n) is 3.00. The Morgan fingerprint density at radius 3 is 2.92 bits per heavy atom. The number of ether oxygens (including phenoxy) is 1. The van der Waals surface area contributed by atoms with Crippen LogP contribution in [-0.4, -0.2) is 26.3 Å². The lowest BCUT2D eigenvalue weighted by atomic mass is 9.90. The second kappa shape index (κ2) is 6.39. The number of nitrogens with one attached hydrogen (secondary N) is 1. The van der Waals surface area contributed by atoms with E-state index in [9.17, 15) is 0 Å². The minimum atomic E-state index is 0.681. The summed E-state index contributed by atoms with van der Waals surface area (Å²) in [6.07, 6.45) is 6.53. The topological polar surface area (TPSA) is 21.3 Å². The van der Waals surface area contributed by atoms with Crippen molar-refractivity contribution in [3.05, 3.63) is 0 Å². The van der Waals surface area contributed by atoms with Gasteiger partial charge >= 0.3 is 0 Å². The highest BCUT2D eigenvalue weighted by Crippen LogP contribution is 2.20. The number of rotatable bonds is 5. The molecule has 2 unspecified atom stereocenters. The monoisotopic (exact) mass is 185 g/mol. The van der Waals surface area contributed by atoms with Crippen LogP contribution in [0.1, 0.15) is 39.0 Å². The Morgan fingerprint density at radius 2 is 2.38 bits per heavy atom. The molecule has 1 rings (SSSR count). The van der Waals surface area contributed by atoms with Crippen LogP contribution in [-0.2, 0) is 4.74 Å². The van der Waals surface area contributed by atoms with Gasteiger partial charge in [0.1, 0.15) is 0 Å². The van der Waals surface area contributed by atoms with E-state index in [-0.39, 0.29) is 0 Å². The fourth-order valence-corrected chi connectivity index (χ4v) is 2.12. The summed E-state index contributed by atoms with van der Waals surface area (Å²) in [5.74, 6) is 0.755. The molecule has 2 nitrogen and oxygen atoms in total. The Hall–Kier alpha value is -0.0800. The van der Waals surface area contributed by atoms with Crippen molar-refractivity contribution in [2.45, 2.75) is 45.1 Å². The van der Waals surface area contributed by atoms with Crippen molar-refractivity contribution >= 4 is 0 Å². The molecule has 2 atom stereocenters. The van der Waals surface area contributed by atoms with Gasteiger partial charge in [-0.25, -0.2) is 0 Å². The maximum absolute atomic E-state index is 5.50. The van der Waals surface area contributed by atoms with Crippen LogP contribution in [0.2, 0.25) is 0 Å². The highest BCUT2D eigenvalue weighted by atomic mass is 16.5. The molecule has 78 valence electrons. The molecular weight excluding hydrogens is 162 g/mol. The highest BCUT2D eigenvalue weighted by Gasteiger charge is 2.21. The quantitative estimate of drug-likeness (QED) is 0.709. The standard InChI is InChI=1S/C11H23NO/c1-3-4-7-11(12-2)10-6-5-8-13-9-10/h10-12H,3-9H2,1-2H3. The Balaban J connectivity index is 2.26. The van der Waals surface area contributed by atoms with E-state index in [0.717, 1.165) is 19.1 Å². The third kappa shape index (κ3) is 3.65. The number of hydrogen-bond acceptors (Lipinski definition) is 2. The highest BCUT2D eigenvalue weighted by molar-refractivity contribution is 4.76. The molecule has 0 bridgehead atoms. The Morgan fingerprint density at radius 1 is 1.54 bits per heavy atom. The van der Waals surface area contributed by atoms with E-state index >= 15 is 0 Å². The molecule has 1 N–H and O–H groups in total. The Bertz CT molecular complexity index is 121. The first kappa shape index (κ1) is 11.0. The molecule has 13 heavy (non-hydrogen) atoms. The molecule has 0 aliphatic carbocycles. The molecule has 1 aliphatic rings. The zero-order chi connectivity index (χ0) is 9.52. The fraction of sp³-hybridized carbons (Fsp3) is 1.00. The Kier molecular flexibility index (Phi) is 5.40. The van der Waals surface area contributed by atoms with E-state index in [1.807, 2.05) is 0 Å². The molecule has 0 saturated carbocycles. The van der Waals surface area contributed by atoms with Gasteiger partial charge in [-0.05, 0) is 32.2 Å². The maximum atomic E-state index is 5.50. The van der Waals surface area contributed by atoms with Crippen LogP contribution in [0, 0.1) is 5.92 Å². The smallest absolute Gasteiger partial charge is 0.0509 e. The van der Waals surface area contributed by atoms with Crippen molar-refractivity contribution in [3.8, 4) is 0 Å². The summed E-state index contributed by atoms with van der Waals surface area (Å²) in [7, 11) is 2.08. The molecule has 0 radical (unpaired) electrons. The normalized spacial score (nSPS) is 25.8. The van der Waals surface area contributed by atoms with Crippen molar-refractivity contribution in [2.24, 2.45) is 5.92 Å². The molecule has 0 amide bonds. The van der Waals surface area contributed by atoms with Crippen molar-refractivity contribution < 1.29 is 4.74 Å². The lowest BCUT2D eigenvalue weighted by Gasteiger charge is -2.30. The lowest BCUT2D eigenvalue weighted by Crippen LogP contribution is -2.38. The predicted octanol–water partition coefficient (Wildman–Crippen LogP) is 2.19. The largest absolute Gasteiger partial charge is 0.381 e. The average Bonchev–Trinajstić information content (AvgIpc) is 2.21. The van der Waals surface area contributed by atoms with Gasteiger partial charge < -0.3 is 10.1 Å². The van der Waals surface area contributed by atoms with Crippen LogP contribution in [0.5, 0.6) is 0 Å². The number of hydrogen-bond donors (Lipinski definition) is 1. The third-order valence-corrected chi connectivity index (χ3v) is 3.00. The number of unbranched alkanes of at least 4 members (excludes halogenated alkanes) is 1. The van der Waals surface area contributed by atoms with Gasteiger partial charge in [0.05, 0.1) is 6.61 Å². The molecule has 0 aromatic heterocycles. The minimum Gasteiger partial charge on any atom is -0.381 e. The zero-order valence-corrected chi connectivity index (χ0v) is 9.01. The zero-order valence-electron chi connectivity index (χ0n) is 9.01. The van der Waals surface area contributed by atoms with Crippen LogP contribution >= 0.6 is 0 Å². The van der Waals surface area contributed by atoms with Crippen molar-refractivity contribution in [1.29, 1.82) is 0 Å². The van der Waals surface area contributed by atoms with E-state index in [1.165, 1.54) is 32.1 Å². The molecule has 1 aliphatic heterocycles. The summed E-state index contributed by atoms with van der Waals surface area (Å²) >= 11 is 0. The summed E-state index contributed by atoms with van der Waals surface area (Å²) in [5.41, 5.74) is 0. The van der Waals surface area contributed by atoms with E-state index in [0.29, 0.717) is 6.04 Å². The molecule has 0 aromatic carbocycles. The summed E-state index contributed by atoms with van der Waals surface area (Å²) in [4.78, 5) is 0.